The van der Waals surface area contributed by atoms with Gasteiger partial charge >= 0.3 is 0 Å². The predicted octanol–water partition coefficient (Wildman–Crippen LogP) is 2.60. The minimum absolute atomic E-state index is 0.114. The molecule has 1 N–H and O–H groups in total. The zero-order chi connectivity index (χ0) is 19.0. The number of aromatic nitrogens is 3. The van der Waals surface area contributed by atoms with Crippen LogP contribution in [0.25, 0.3) is 11.7 Å². The van der Waals surface area contributed by atoms with E-state index < -0.39 is 12.3 Å². The number of nitrogens with zero attached hydrogens (tertiary/aromatic N) is 4. The van der Waals surface area contributed by atoms with Crippen LogP contribution in [0.3, 0.4) is 0 Å². The molecule has 2 aromatic heterocycles. The first-order chi connectivity index (χ1) is 12.9. The topological polar surface area (TPSA) is 62.5 Å². The highest BCUT2D eigenvalue weighted by atomic mass is 19.3. The smallest absolute Gasteiger partial charge is 0.245 e. The van der Waals surface area contributed by atoms with Gasteiger partial charge in [-0.15, -0.1) is 0 Å². The molecule has 0 radical (unpaired) electrons. The van der Waals surface area contributed by atoms with Crippen molar-refractivity contribution in [2.24, 2.45) is 0 Å². The maximum absolute atomic E-state index is 13.0. The number of hydrogen-bond acceptors (Lipinski definition) is 4. The van der Waals surface area contributed by atoms with Gasteiger partial charge in [0, 0.05) is 56.8 Å². The van der Waals surface area contributed by atoms with Crippen LogP contribution in [0.5, 0.6) is 0 Å². The van der Waals surface area contributed by atoms with Crippen LogP contribution >= 0.6 is 0 Å². The molecule has 4 rings (SSSR count). The lowest BCUT2D eigenvalue weighted by Gasteiger charge is -2.18. The van der Waals surface area contributed by atoms with E-state index in [0.29, 0.717) is 19.6 Å². The molecule has 0 saturated carbocycles. The molecular formula is C19H23F2N5O. The summed E-state index contributed by atoms with van der Waals surface area (Å²) in [5.74, 6) is -2.86. The minimum atomic E-state index is -2.80. The van der Waals surface area contributed by atoms with E-state index in [1.54, 1.807) is 11.1 Å². The second-order valence-electron chi connectivity index (χ2n) is 7.40. The molecule has 2 aliphatic rings. The molecule has 0 bridgehead atoms. The number of likely N-dealkylation sites (tertiary alicyclic amines) is 1. The van der Waals surface area contributed by atoms with Crippen molar-refractivity contribution < 1.29 is 13.6 Å². The Bertz CT molecular complexity index is 886. The molecular weight excluding hydrogens is 352 g/mol. The van der Waals surface area contributed by atoms with E-state index in [1.165, 1.54) is 0 Å². The van der Waals surface area contributed by atoms with Crippen molar-refractivity contribution in [1.29, 1.82) is 0 Å². The Morgan fingerprint density at radius 2 is 2.22 bits per heavy atom. The first-order valence-electron chi connectivity index (χ1n) is 9.30. The zero-order valence-corrected chi connectivity index (χ0v) is 15.3. The number of carbonyl (C=O) groups is 1. The van der Waals surface area contributed by atoms with Crippen molar-refractivity contribution in [1.82, 2.24) is 24.6 Å². The highest BCUT2D eigenvalue weighted by molar-refractivity contribution is 5.76. The third-order valence-electron chi connectivity index (χ3n) is 5.26. The van der Waals surface area contributed by atoms with E-state index in [0.717, 1.165) is 42.6 Å². The van der Waals surface area contributed by atoms with Crippen molar-refractivity contribution in [2.75, 3.05) is 19.6 Å². The van der Waals surface area contributed by atoms with Crippen molar-refractivity contribution >= 4 is 17.6 Å². The molecule has 2 aliphatic heterocycles. The standard InChI is InChI=1S/C19H23F2N5O/c1-19(20,21)6-4-18(27)25-8-5-13(12-25)16-10-24-17-11-23-14-9-22-7-2-3-15(14)26(16)17/h2-3,10-11,13,22H,4-9,12H2,1H3/t13-/m1/s1. The van der Waals surface area contributed by atoms with E-state index in [2.05, 4.69) is 31.8 Å². The Hall–Kier alpha value is -2.35. The molecule has 1 amide bonds. The van der Waals surface area contributed by atoms with Gasteiger partial charge in [0.2, 0.25) is 11.8 Å². The van der Waals surface area contributed by atoms with Crippen LogP contribution in [0, 0.1) is 0 Å². The van der Waals surface area contributed by atoms with Crippen LogP contribution < -0.4 is 5.32 Å². The van der Waals surface area contributed by atoms with Gasteiger partial charge in [-0.05, 0) is 19.4 Å². The second-order valence-corrected chi connectivity index (χ2v) is 7.40. The number of fused-ring (bicyclic) bond motifs is 3. The summed E-state index contributed by atoms with van der Waals surface area (Å²) < 4.78 is 28.2. The first-order valence-corrected chi connectivity index (χ1v) is 9.30. The van der Waals surface area contributed by atoms with Crippen LogP contribution in [0.2, 0.25) is 0 Å². The van der Waals surface area contributed by atoms with Gasteiger partial charge < -0.3 is 10.2 Å². The summed E-state index contributed by atoms with van der Waals surface area (Å²) in [7, 11) is 0. The third-order valence-corrected chi connectivity index (χ3v) is 5.26. The molecule has 1 saturated heterocycles. The summed E-state index contributed by atoms with van der Waals surface area (Å²) in [6.45, 7) is 3.47. The van der Waals surface area contributed by atoms with Gasteiger partial charge in [-0.1, -0.05) is 6.08 Å². The Morgan fingerprint density at radius 3 is 3.04 bits per heavy atom. The third kappa shape index (κ3) is 3.71. The number of rotatable bonds is 4. The number of nitrogens with one attached hydrogen (secondary N) is 1. The van der Waals surface area contributed by atoms with Gasteiger partial charge in [0.25, 0.3) is 0 Å². The van der Waals surface area contributed by atoms with E-state index in [4.69, 9.17) is 0 Å². The summed E-state index contributed by atoms with van der Waals surface area (Å²) in [6, 6.07) is 0. The quantitative estimate of drug-likeness (QED) is 0.892. The number of hydrogen-bond donors (Lipinski definition) is 1. The molecule has 0 unspecified atom stereocenters. The molecule has 0 aromatic carbocycles. The Morgan fingerprint density at radius 1 is 1.37 bits per heavy atom. The van der Waals surface area contributed by atoms with Gasteiger partial charge in [0.1, 0.15) is 0 Å². The highest BCUT2D eigenvalue weighted by Gasteiger charge is 2.31. The molecule has 144 valence electrons. The summed E-state index contributed by atoms with van der Waals surface area (Å²) in [4.78, 5) is 23.0. The molecule has 27 heavy (non-hydrogen) atoms. The molecule has 0 spiro atoms. The Kier molecular flexibility index (Phi) is 4.67. The highest BCUT2D eigenvalue weighted by Crippen LogP contribution is 2.30. The molecule has 2 aromatic rings. The fourth-order valence-electron chi connectivity index (χ4n) is 3.82. The lowest BCUT2D eigenvalue weighted by Crippen LogP contribution is -2.29. The van der Waals surface area contributed by atoms with Gasteiger partial charge in [0.15, 0.2) is 5.65 Å². The maximum Gasteiger partial charge on any atom is 0.245 e. The fourth-order valence-corrected chi connectivity index (χ4v) is 3.82. The average Bonchev–Trinajstić information content (AvgIpc) is 3.20. The van der Waals surface area contributed by atoms with Crippen LogP contribution in [0.4, 0.5) is 8.78 Å². The van der Waals surface area contributed by atoms with Crippen molar-refractivity contribution in [3.05, 3.63) is 35.6 Å². The van der Waals surface area contributed by atoms with Gasteiger partial charge in [-0.25, -0.2) is 13.8 Å². The fraction of sp³-hybridized carbons (Fsp3) is 0.526. The molecule has 6 nitrogen and oxygen atoms in total. The number of amides is 1. The van der Waals surface area contributed by atoms with Crippen molar-refractivity contribution in [3.63, 3.8) is 0 Å². The van der Waals surface area contributed by atoms with Gasteiger partial charge in [-0.3, -0.25) is 14.2 Å². The normalized spacial score (nSPS) is 20.1. The number of carbonyl (C=O) groups excluding carboxylic acids is 1. The summed E-state index contributed by atoms with van der Waals surface area (Å²) in [5.41, 5.74) is 3.81. The Labute approximate surface area is 156 Å². The Balaban J connectivity index is 1.56. The van der Waals surface area contributed by atoms with Crippen molar-refractivity contribution in [3.8, 4) is 0 Å². The molecule has 1 fully saturated rings. The van der Waals surface area contributed by atoms with Gasteiger partial charge in [0.05, 0.1) is 17.6 Å². The van der Waals surface area contributed by atoms with Crippen LogP contribution in [-0.4, -0.2) is 50.7 Å². The van der Waals surface area contributed by atoms with Gasteiger partial charge in [-0.2, -0.15) is 0 Å². The zero-order valence-electron chi connectivity index (χ0n) is 15.3. The SMILES string of the molecule is CC(F)(F)CCC(=O)N1CC[C@@H](c2cnc3cnc4c(n23)C=CCNC4)C1. The van der Waals surface area contributed by atoms with Crippen LogP contribution in [-0.2, 0) is 11.3 Å². The maximum atomic E-state index is 13.0. The van der Waals surface area contributed by atoms with E-state index >= 15 is 0 Å². The summed E-state index contributed by atoms with van der Waals surface area (Å²) >= 11 is 0. The second kappa shape index (κ2) is 6.99. The number of halogens is 2. The largest absolute Gasteiger partial charge is 0.342 e. The first kappa shape index (κ1) is 18.0. The van der Waals surface area contributed by atoms with E-state index in [9.17, 15) is 13.6 Å². The predicted molar refractivity (Wildman–Crippen MR) is 97.5 cm³/mol. The minimum Gasteiger partial charge on any atom is -0.342 e. The molecule has 0 aliphatic carbocycles. The van der Waals surface area contributed by atoms with Crippen molar-refractivity contribution in [2.45, 2.75) is 44.6 Å². The monoisotopic (exact) mass is 375 g/mol. The number of alkyl halides is 2. The molecule has 4 heterocycles. The van der Waals surface area contributed by atoms with Crippen LogP contribution in [0.1, 0.15) is 49.2 Å². The lowest BCUT2D eigenvalue weighted by atomic mass is 10.1. The molecule has 1 atom stereocenters. The molecule has 8 heteroatoms. The van der Waals surface area contributed by atoms with Crippen LogP contribution in [0.15, 0.2) is 18.5 Å². The summed E-state index contributed by atoms with van der Waals surface area (Å²) in [6.07, 6.45) is 8.03. The van der Waals surface area contributed by atoms with E-state index in [1.807, 2.05) is 6.20 Å². The van der Waals surface area contributed by atoms with E-state index in [-0.39, 0.29) is 18.2 Å². The lowest BCUT2D eigenvalue weighted by molar-refractivity contribution is -0.132. The number of imidazole rings is 1. The summed E-state index contributed by atoms with van der Waals surface area (Å²) in [5, 5.41) is 3.30. The average molecular weight is 375 g/mol.